The Kier molecular flexibility index (Phi) is 2.53. The molecule has 0 atom stereocenters. The minimum absolute atomic E-state index is 0.106. The SMILES string of the molecule is Nn1c([S-])nc2sc(-c3ccccc3)cc2c1=O. The quantitative estimate of drug-likeness (QED) is 0.417. The highest BCUT2D eigenvalue weighted by Gasteiger charge is 2.09. The van der Waals surface area contributed by atoms with E-state index in [9.17, 15) is 4.79 Å². The summed E-state index contributed by atoms with van der Waals surface area (Å²) in [5.41, 5.74) is 0.748. The number of hydrogen-bond donors (Lipinski definition) is 1. The van der Waals surface area contributed by atoms with Crippen LogP contribution in [-0.2, 0) is 12.6 Å². The number of nitrogens with zero attached hydrogens (tertiary/aromatic N) is 2. The third-order valence-electron chi connectivity index (χ3n) is 2.62. The Labute approximate surface area is 112 Å². The largest absolute Gasteiger partial charge is 0.740 e. The Morgan fingerprint density at radius 1 is 1.28 bits per heavy atom. The third-order valence-corrected chi connectivity index (χ3v) is 3.99. The van der Waals surface area contributed by atoms with Crippen LogP contribution in [-0.4, -0.2) is 9.66 Å². The molecule has 0 radical (unpaired) electrons. The Balaban J connectivity index is 2.30. The molecule has 0 spiro atoms. The molecule has 0 saturated carbocycles. The smallest absolute Gasteiger partial charge is 0.278 e. The van der Waals surface area contributed by atoms with Gasteiger partial charge in [-0.1, -0.05) is 30.3 Å². The van der Waals surface area contributed by atoms with Crippen molar-refractivity contribution >= 4 is 34.2 Å². The van der Waals surface area contributed by atoms with Crippen molar-refractivity contribution in [2.45, 2.75) is 5.16 Å². The van der Waals surface area contributed by atoms with Crippen LogP contribution >= 0.6 is 11.3 Å². The molecular weight excluding hydrogens is 266 g/mol. The lowest BCUT2D eigenvalue weighted by Gasteiger charge is -2.09. The van der Waals surface area contributed by atoms with Crippen molar-refractivity contribution in [3.05, 3.63) is 46.8 Å². The highest BCUT2D eigenvalue weighted by atomic mass is 32.1. The van der Waals surface area contributed by atoms with Crippen LogP contribution in [0.2, 0.25) is 0 Å². The van der Waals surface area contributed by atoms with Crippen molar-refractivity contribution in [2.24, 2.45) is 0 Å². The minimum atomic E-state index is -0.302. The molecule has 4 nitrogen and oxygen atoms in total. The molecule has 3 rings (SSSR count). The van der Waals surface area contributed by atoms with Crippen molar-refractivity contribution in [1.29, 1.82) is 0 Å². The molecular formula is C12H8N3OS2-. The Morgan fingerprint density at radius 3 is 2.72 bits per heavy atom. The van der Waals surface area contributed by atoms with Gasteiger partial charge in [0.05, 0.1) is 5.39 Å². The standard InChI is InChI=1S/C12H9N3OS2/c13-15-11(16)8-6-9(7-4-2-1-3-5-7)18-10(8)14-12(15)17/h1-6H,13H2,(H,14,17)/p-1. The summed E-state index contributed by atoms with van der Waals surface area (Å²) in [7, 11) is 0. The van der Waals surface area contributed by atoms with Gasteiger partial charge >= 0.3 is 0 Å². The monoisotopic (exact) mass is 274 g/mol. The first-order chi connectivity index (χ1) is 8.66. The second kappa shape index (κ2) is 4.08. The first-order valence-corrected chi connectivity index (χ1v) is 6.43. The van der Waals surface area contributed by atoms with Gasteiger partial charge in [-0.2, -0.15) is 0 Å². The van der Waals surface area contributed by atoms with Gasteiger partial charge in [0.2, 0.25) is 0 Å². The Bertz CT molecular complexity index is 777. The van der Waals surface area contributed by atoms with E-state index < -0.39 is 0 Å². The highest BCUT2D eigenvalue weighted by molar-refractivity contribution is 7.58. The molecule has 0 saturated heterocycles. The molecule has 6 heteroatoms. The summed E-state index contributed by atoms with van der Waals surface area (Å²) in [6.45, 7) is 0. The molecule has 0 aliphatic heterocycles. The van der Waals surface area contributed by atoms with E-state index in [1.54, 1.807) is 0 Å². The average molecular weight is 274 g/mol. The highest BCUT2D eigenvalue weighted by Crippen LogP contribution is 2.30. The first kappa shape index (κ1) is 11.2. The number of rotatable bonds is 1. The fourth-order valence-electron chi connectivity index (χ4n) is 1.72. The van der Waals surface area contributed by atoms with Crippen molar-refractivity contribution < 1.29 is 0 Å². The van der Waals surface area contributed by atoms with E-state index in [1.165, 1.54) is 11.3 Å². The van der Waals surface area contributed by atoms with Gasteiger partial charge in [0.1, 0.15) is 4.83 Å². The van der Waals surface area contributed by atoms with Crippen LogP contribution < -0.4 is 11.4 Å². The van der Waals surface area contributed by atoms with Crippen molar-refractivity contribution in [2.75, 3.05) is 5.84 Å². The van der Waals surface area contributed by atoms with E-state index in [4.69, 9.17) is 18.5 Å². The number of fused-ring (bicyclic) bond motifs is 1. The van der Waals surface area contributed by atoms with Crippen LogP contribution in [0.25, 0.3) is 20.7 Å². The molecule has 18 heavy (non-hydrogen) atoms. The van der Waals surface area contributed by atoms with E-state index >= 15 is 0 Å². The molecule has 2 aromatic heterocycles. The zero-order valence-corrected chi connectivity index (χ0v) is 10.8. The lowest BCUT2D eigenvalue weighted by molar-refractivity contribution is 0.785. The van der Waals surface area contributed by atoms with Crippen LogP contribution in [0.1, 0.15) is 0 Å². The van der Waals surface area contributed by atoms with E-state index in [2.05, 4.69) is 4.98 Å². The van der Waals surface area contributed by atoms with Gasteiger partial charge < -0.3 is 18.5 Å². The van der Waals surface area contributed by atoms with E-state index in [0.717, 1.165) is 15.1 Å². The number of nitrogen functional groups attached to an aromatic ring is 1. The maximum absolute atomic E-state index is 11.9. The van der Waals surface area contributed by atoms with Gasteiger partial charge in [0.15, 0.2) is 0 Å². The summed E-state index contributed by atoms with van der Waals surface area (Å²) in [5.74, 6) is 5.54. The molecule has 0 aliphatic carbocycles. The van der Waals surface area contributed by atoms with Gasteiger partial charge in [-0.15, -0.1) is 11.3 Å². The normalized spacial score (nSPS) is 10.9. The predicted molar refractivity (Wildman–Crippen MR) is 75.1 cm³/mol. The fraction of sp³-hybridized carbons (Fsp3) is 0. The van der Waals surface area contributed by atoms with Crippen LogP contribution in [0, 0.1) is 0 Å². The summed E-state index contributed by atoms with van der Waals surface area (Å²) in [5, 5.41) is 0.615. The summed E-state index contributed by atoms with van der Waals surface area (Å²) in [6, 6.07) is 11.6. The molecule has 0 fully saturated rings. The van der Waals surface area contributed by atoms with Crippen molar-refractivity contribution in [3.63, 3.8) is 0 Å². The van der Waals surface area contributed by atoms with Crippen LogP contribution in [0.4, 0.5) is 0 Å². The molecule has 2 heterocycles. The van der Waals surface area contributed by atoms with Crippen LogP contribution in [0.5, 0.6) is 0 Å². The maximum Gasteiger partial charge on any atom is 0.278 e. The predicted octanol–water partition coefficient (Wildman–Crippen LogP) is 1.74. The molecule has 0 bridgehead atoms. The first-order valence-electron chi connectivity index (χ1n) is 5.21. The number of thiophene rings is 1. The van der Waals surface area contributed by atoms with Gasteiger partial charge in [0, 0.05) is 10.0 Å². The van der Waals surface area contributed by atoms with Crippen molar-refractivity contribution in [3.8, 4) is 10.4 Å². The zero-order chi connectivity index (χ0) is 12.7. The summed E-state index contributed by atoms with van der Waals surface area (Å²) in [4.78, 5) is 17.7. The maximum atomic E-state index is 11.9. The number of benzene rings is 1. The third kappa shape index (κ3) is 1.66. The molecule has 2 N–H and O–H groups in total. The molecule has 90 valence electrons. The van der Waals surface area contributed by atoms with Gasteiger partial charge in [0.25, 0.3) is 5.56 Å². The van der Waals surface area contributed by atoms with E-state index in [-0.39, 0.29) is 10.7 Å². The summed E-state index contributed by atoms with van der Waals surface area (Å²) in [6.07, 6.45) is 0. The average Bonchev–Trinajstić information content (AvgIpc) is 2.81. The second-order valence-electron chi connectivity index (χ2n) is 3.77. The van der Waals surface area contributed by atoms with Gasteiger partial charge in [-0.05, 0) is 11.6 Å². The molecule has 0 aliphatic rings. The molecule has 1 aromatic carbocycles. The number of nitrogens with two attached hydrogens (primary N) is 1. The van der Waals surface area contributed by atoms with E-state index in [1.807, 2.05) is 36.4 Å². The topological polar surface area (TPSA) is 60.9 Å². The molecule has 0 amide bonds. The van der Waals surface area contributed by atoms with Gasteiger partial charge in [-0.25, -0.2) is 9.66 Å². The summed E-state index contributed by atoms with van der Waals surface area (Å²) >= 11 is 6.37. The number of aromatic nitrogens is 2. The zero-order valence-electron chi connectivity index (χ0n) is 9.16. The van der Waals surface area contributed by atoms with Gasteiger partial charge in [-0.3, -0.25) is 4.79 Å². The van der Waals surface area contributed by atoms with Crippen LogP contribution in [0.15, 0.2) is 46.3 Å². The van der Waals surface area contributed by atoms with Crippen molar-refractivity contribution in [1.82, 2.24) is 9.66 Å². The fourth-order valence-corrected chi connectivity index (χ4v) is 2.98. The Hall–Kier alpha value is -1.92. The second-order valence-corrected chi connectivity index (χ2v) is 5.16. The van der Waals surface area contributed by atoms with E-state index in [0.29, 0.717) is 10.2 Å². The van der Waals surface area contributed by atoms with Crippen LogP contribution in [0.3, 0.4) is 0 Å². The Morgan fingerprint density at radius 2 is 2.00 bits per heavy atom. The summed E-state index contributed by atoms with van der Waals surface area (Å²) < 4.78 is 0.902. The molecule has 0 unspecified atom stereocenters. The number of hydrogen-bond acceptors (Lipinski definition) is 5. The minimum Gasteiger partial charge on any atom is -0.740 e. The lowest BCUT2D eigenvalue weighted by atomic mass is 10.2. The molecule has 3 aromatic rings. The lowest BCUT2D eigenvalue weighted by Crippen LogP contribution is -2.29.